The Balaban J connectivity index is 2.20. The second-order valence-corrected chi connectivity index (χ2v) is 4.94. The van der Waals surface area contributed by atoms with Crippen molar-refractivity contribution in [3.63, 3.8) is 0 Å². The van der Waals surface area contributed by atoms with Crippen molar-refractivity contribution in [1.82, 2.24) is 4.98 Å². The van der Waals surface area contributed by atoms with Crippen LogP contribution < -0.4 is 5.73 Å². The Bertz CT molecular complexity index is 336. The van der Waals surface area contributed by atoms with Gasteiger partial charge in [0.2, 0.25) is 0 Å². The number of nitrogens with zero attached hydrogens (tertiary/aromatic N) is 1. The third-order valence-corrected chi connectivity index (χ3v) is 3.06. The molecule has 0 bridgehead atoms. The van der Waals surface area contributed by atoms with Gasteiger partial charge in [-0.15, -0.1) is 0 Å². The van der Waals surface area contributed by atoms with E-state index in [0.717, 1.165) is 29.4 Å². The zero-order valence-electron chi connectivity index (χ0n) is 7.06. The van der Waals surface area contributed by atoms with E-state index in [1.165, 1.54) is 0 Å². The minimum absolute atomic E-state index is 0.0233. The zero-order valence-corrected chi connectivity index (χ0v) is 9.40. The molecular formula is C9H10BrClN2. The van der Waals surface area contributed by atoms with Crippen molar-refractivity contribution in [3.05, 3.63) is 27.5 Å². The summed E-state index contributed by atoms with van der Waals surface area (Å²) in [7, 11) is 0. The molecule has 0 saturated heterocycles. The monoisotopic (exact) mass is 260 g/mol. The fraction of sp³-hybridized carbons (Fsp3) is 0.444. The molecule has 0 aromatic carbocycles. The van der Waals surface area contributed by atoms with Crippen molar-refractivity contribution in [2.45, 2.75) is 24.8 Å². The molecule has 0 radical (unpaired) electrons. The Morgan fingerprint density at radius 3 is 2.85 bits per heavy atom. The lowest BCUT2D eigenvalue weighted by atomic mass is 10.1. The van der Waals surface area contributed by atoms with Crippen molar-refractivity contribution >= 4 is 27.5 Å². The first-order valence-corrected chi connectivity index (χ1v) is 5.35. The smallest absolute Gasteiger partial charge is 0.0633 e. The van der Waals surface area contributed by atoms with Gasteiger partial charge in [0.15, 0.2) is 0 Å². The lowest BCUT2D eigenvalue weighted by Gasteiger charge is -2.08. The molecule has 2 N–H and O–H groups in total. The fourth-order valence-corrected chi connectivity index (χ4v) is 1.94. The first-order chi connectivity index (χ1) is 6.09. The van der Waals surface area contributed by atoms with Crippen LogP contribution in [0.4, 0.5) is 0 Å². The largest absolute Gasteiger partial charge is 0.325 e. The second-order valence-electron chi connectivity index (χ2n) is 3.62. The molecule has 4 heteroatoms. The van der Waals surface area contributed by atoms with E-state index in [-0.39, 0.29) is 5.54 Å². The average molecular weight is 262 g/mol. The molecule has 0 atom stereocenters. The van der Waals surface area contributed by atoms with Gasteiger partial charge in [0.05, 0.1) is 10.7 Å². The summed E-state index contributed by atoms with van der Waals surface area (Å²) < 4.78 is 0.906. The van der Waals surface area contributed by atoms with E-state index in [2.05, 4.69) is 20.9 Å². The summed E-state index contributed by atoms with van der Waals surface area (Å²) in [5, 5.41) is 0.700. The third-order valence-electron chi connectivity index (χ3n) is 2.30. The van der Waals surface area contributed by atoms with Gasteiger partial charge in [0.25, 0.3) is 0 Å². The van der Waals surface area contributed by atoms with E-state index in [1.54, 1.807) is 6.20 Å². The number of nitrogens with two attached hydrogens (primary N) is 1. The van der Waals surface area contributed by atoms with Crippen LogP contribution in [0.5, 0.6) is 0 Å². The Hall–Kier alpha value is -0.120. The van der Waals surface area contributed by atoms with Crippen LogP contribution in [0.15, 0.2) is 16.7 Å². The van der Waals surface area contributed by atoms with Crippen LogP contribution in [0.2, 0.25) is 5.02 Å². The van der Waals surface area contributed by atoms with Crippen molar-refractivity contribution in [1.29, 1.82) is 0 Å². The lowest BCUT2D eigenvalue weighted by molar-refractivity contribution is 0.659. The minimum atomic E-state index is -0.0233. The summed E-state index contributed by atoms with van der Waals surface area (Å²) in [6.45, 7) is 0. The number of rotatable bonds is 2. The van der Waals surface area contributed by atoms with Crippen molar-refractivity contribution < 1.29 is 0 Å². The van der Waals surface area contributed by atoms with Gasteiger partial charge in [-0.1, -0.05) is 11.6 Å². The van der Waals surface area contributed by atoms with Crippen LogP contribution >= 0.6 is 27.5 Å². The highest BCUT2D eigenvalue weighted by molar-refractivity contribution is 9.10. The highest BCUT2D eigenvalue weighted by atomic mass is 79.9. The van der Waals surface area contributed by atoms with Crippen LogP contribution in [0.1, 0.15) is 18.5 Å². The molecule has 1 aliphatic carbocycles. The van der Waals surface area contributed by atoms with Gasteiger partial charge in [-0.3, -0.25) is 4.98 Å². The predicted octanol–water partition coefficient (Wildman–Crippen LogP) is 2.53. The molecule has 0 amide bonds. The Morgan fingerprint density at radius 2 is 2.31 bits per heavy atom. The van der Waals surface area contributed by atoms with Crippen molar-refractivity contribution in [2.24, 2.45) is 5.73 Å². The van der Waals surface area contributed by atoms with Gasteiger partial charge in [-0.25, -0.2) is 0 Å². The lowest BCUT2D eigenvalue weighted by Crippen LogP contribution is -2.25. The number of pyridine rings is 1. The Morgan fingerprint density at radius 1 is 1.62 bits per heavy atom. The molecule has 1 saturated carbocycles. The Kier molecular flexibility index (Phi) is 2.34. The number of hydrogen-bond donors (Lipinski definition) is 1. The number of aromatic nitrogens is 1. The molecule has 1 aliphatic rings. The molecule has 1 heterocycles. The molecule has 1 aromatic rings. The number of halogens is 2. The molecular weight excluding hydrogens is 251 g/mol. The molecule has 13 heavy (non-hydrogen) atoms. The minimum Gasteiger partial charge on any atom is -0.325 e. The average Bonchev–Trinajstić information content (AvgIpc) is 2.75. The van der Waals surface area contributed by atoms with Crippen molar-refractivity contribution in [3.8, 4) is 0 Å². The van der Waals surface area contributed by atoms with E-state index in [9.17, 15) is 0 Å². The summed E-state index contributed by atoms with van der Waals surface area (Å²) in [5.74, 6) is 0. The summed E-state index contributed by atoms with van der Waals surface area (Å²) in [5.41, 5.74) is 6.86. The maximum absolute atomic E-state index is 6.02. The van der Waals surface area contributed by atoms with Crippen LogP contribution in [0, 0.1) is 0 Å². The van der Waals surface area contributed by atoms with Gasteiger partial charge < -0.3 is 5.73 Å². The maximum Gasteiger partial charge on any atom is 0.0633 e. The van der Waals surface area contributed by atoms with E-state index in [1.807, 2.05) is 6.07 Å². The number of hydrogen-bond acceptors (Lipinski definition) is 2. The third kappa shape index (κ3) is 2.22. The SMILES string of the molecule is NC1(Cc2ncc(Br)cc2Cl)CC1. The van der Waals surface area contributed by atoms with E-state index in [4.69, 9.17) is 17.3 Å². The molecule has 0 aliphatic heterocycles. The maximum atomic E-state index is 6.02. The highest BCUT2D eigenvalue weighted by Gasteiger charge is 2.38. The normalized spacial score (nSPS) is 18.7. The van der Waals surface area contributed by atoms with Crippen molar-refractivity contribution in [2.75, 3.05) is 0 Å². The molecule has 2 nitrogen and oxygen atoms in total. The second kappa shape index (κ2) is 3.23. The molecule has 0 spiro atoms. The summed E-state index contributed by atoms with van der Waals surface area (Å²) in [6, 6.07) is 1.86. The molecule has 2 rings (SSSR count). The fourth-order valence-electron chi connectivity index (χ4n) is 1.24. The van der Waals surface area contributed by atoms with Crippen LogP contribution in [0.25, 0.3) is 0 Å². The Labute approximate surface area is 90.6 Å². The van der Waals surface area contributed by atoms with E-state index < -0.39 is 0 Å². The summed E-state index contributed by atoms with van der Waals surface area (Å²) in [6.07, 6.45) is 4.72. The van der Waals surface area contributed by atoms with Crippen LogP contribution in [-0.2, 0) is 6.42 Å². The molecule has 0 unspecified atom stereocenters. The van der Waals surface area contributed by atoms with Gasteiger partial charge >= 0.3 is 0 Å². The quantitative estimate of drug-likeness (QED) is 0.888. The molecule has 70 valence electrons. The first-order valence-electron chi connectivity index (χ1n) is 4.18. The van der Waals surface area contributed by atoms with Gasteiger partial charge in [0, 0.05) is 22.6 Å². The summed E-state index contributed by atoms with van der Waals surface area (Å²) in [4.78, 5) is 4.24. The van der Waals surface area contributed by atoms with Crippen LogP contribution in [0.3, 0.4) is 0 Å². The molecule has 1 fully saturated rings. The van der Waals surface area contributed by atoms with Gasteiger partial charge in [-0.2, -0.15) is 0 Å². The van der Waals surface area contributed by atoms with E-state index in [0.29, 0.717) is 5.02 Å². The zero-order chi connectivity index (χ0) is 9.47. The van der Waals surface area contributed by atoms with E-state index >= 15 is 0 Å². The van der Waals surface area contributed by atoms with Gasteiger partial charge in [0.1, 0.15) is 0 Å². The van der Waals surface area contributed by atoms with Crippen LogP contribution in [-0.4, -0.2) is 10.5 Å². The topological polar surface area (TPSA) is 38.9 Å². The predicted molar refractivity (Wildman–Crippen MR) is 56.8 cm³/mol. The van der Waals surface area contributed by atoms with Gasteiger partial charge in [-0.05, 0) is 34.8 Å². The summed E-state index contributed by atoms with van der Waals surface area (Å²) >= 11 is 9.33. The first kappa shape index (κ1) is 9.44. The molecule has 1 aromatic heterocycles. The highest BCUT2D eigenvalue weighted by Crippen LogP contribution is 2.36. The standard InChI is InChI=1S/C9H10BrClN2/c10-6-3-7(11)8(13-5-6)4-9(12)1-2-9/h3,5H,1-2,4,12H2.